The van der Waals surface area contributed by atoms with E-state index in [-0.39, 0.29) is 0 Å². The van der Waals surface area contributed by atoms with E-state index in [0.29, 0.717) is 23.6 Å². The SMILES string of the molecule is N[C@@H]1[C@H]2CN(c3ccc(F)cc3F)C[C@@H]12. The van der Waals surface area contributed by atoms with Gasteiger partial charge in [0.25, 0.3) is 0 Å². The lowest BCUT2D eigenvalue weighted by Crippen LogP contribution is -2.28. The van der Waals surface area contributed by atoms with Gasteiger partial charge in [0, 0.05) is 25.2 Å². The summed E-state index contributed by atoms with van der Waals surface area (Å²) in [5.41, 5.74) is 6.29. The number of hydrogen-bond acceptors (Lipinski definition) is 2. The van der Waals surface area contributed by atoms with Gasteiger partial charge in [-0.1, -0.05) is 0 Å². The molecule has 80 valence electrons. The zero-order valence-electron chi connectivity index (χ0n) is 8.16. The van der Waals surface area contributed by atoms with Crippen molar-refractivity contribution in [1.82, 2.24) is 0 Å². The van der Waals surface area contributed by atoms with Gasteiger partial charge in [-0.15, -0.1) is 0 Å². The Morgan fingerprint density at radius 3 is 2.47 bits per heavy atom. The zero-order chi connectivity index (χ0) is 10.6. The van der Waals surface area contributed by atoms with Crippen molar-refractivity contribution < 1.29 is 8.78 Å². The van der Waals surface area contributed by atoms with Crippen LogP contribution in [-0.4, -0.2) is 19.1 Å². The molecule has 1 aliphatic carbocycles. The van der Waals surface area contributed by atoms with E-state index in [1.807, 2.05) is 4.90 Å². The standard InChI is InChI=1S/C11H12F2N2/c12-6-1-2-10(9(13)3-6)15-4-7-8(5-15)11(7)14/h1-3,7-8,11H,4-5,14H2/t7-,8+,11+. The van der Waals surface area contributed by atoms with Crippen LogP contribution in [0.1, 0.15) is 0 Å². The highest BCUT2D eigenvalue weighted by molar-refractivity contribution is 5.50. The molecule has 0 spiro atoms. The minimum atomic E-state index is -0.530. The average molecular weight is 210 g/mol. The summed E-state index contributed by atoms with van der Waals surface area (Å²) in [5, 5.41) is 0. The summed E-state index contributed by atoms with van der Waals surface area (Å²) in [6.45, 7) is 1.60. The molecule has 1 aromatic rings. The first-order valence-corrected chi connectivity index (χ1v) is 5.12. The number of nitrogens with zero attached hydrogens (tertiary/aromatic N) is 1. The van der Waals surface area contributed by atoms with E-state index in [4.69, 9.17) is 5.73 Å². The van der Waals surface area contributed by atoms with Crippen molar-refractivity contribution in [3.63, 3.8) is 0 Å². The van der Waals surface area contributed by atoms with Crippen LogP contribution in [0.25, 0.3) is 0 Å². The molecule has 0 bridgehead atoms. The summed E-state index contributed by atoms with van der Waals surface area (Å²) >= 11 is 0. The number of anilines is 1. The predicted octanol–water partition coefficient (Wildman–Crippen LogP) is 1.36. The number of halogens is 2. The molecule has 2 fully saturated rings. The van der Waals surface area contributed by atoms with Crippen LogP contribution >= 0.6 is 0 Å². The first-order valence-electron chi connectivity index (χ1n) is 5.12. The topological polar surface area (TPSA) is 29.3 Å². The predicted molar refractivity (Wildman–Crippen MR) is 53.5 cm³/mol. The molecule has 1 saturated heterocycles. The Bertz CT molecular complexity index is 396. The van der Waals surface area contributed by atoms with Gasteiger partial charge >= 0.3 is 0 Å². The van der Waals surface area contributed by atoms with Crippen molar-refractivity contribution in [2.75, 3.05) is 18.0 Å². The minimum Gasteiger partial charge on any atom is -0.368 e. The number of nitrogens with two attached hydrogens (primary N) is 1. The van der Waals surface area contributed by atoms with Gasteiger partial charge in [-0.25, -0.2) is 8.78 Å². The molecule has 2 N–H and O–H groups in total. The second kappa shape index (κ2) is 2.92. The van der Waals surface area contributed by atoms with Gasteiger partial charge < -0.3 is 10.6 Å². The number of hydrogen-bond donors (Lipinski definition) is 1. The fourth-order valence-electron chi connectivity index (χ4n) is 2.51. The molecule has 2 aliphatic rings. The zero-order valence-corrected chi connectivity index (χ0v) is 8.16. The summed E-state index contributed by atoms with van der Waals surface area (Å²) in [6, 6.07) is 4.02. The van der Waals surface area contributed by atoms with Gasteiger partial charge in [0.2, 0.25) is 0 Å². The summed E-state index contributed by atoms with van der Waals surface area (Å²) in [7, 11) is 0. The summed E-state index contributed by atoms with van der Waals surface area (Å²) in [5.74, 6) is 0.00563. The van der Waals surface area contributed by atoms with Crippen LogP contribution < -0.4 is 10.6 Å². The van der Waals surface area contributed by atoms with Crippen LogP contribution in [0.2, 0.25) is 0 Å². The van der Waals surface area contributed by atoms with E-state index in [0.717, 1.165) is 19.2 Å². The van der Waals surface area contributed by atoms with Gasteiger partial charge in [0.05, 0.1) is 5.69 Å². The highest BCUT2D eigenvalue weighted by Crippen LogP contribution is 2.45. The Morgan fingerprint density at radius 1 is 1.20 bits per heavy atom. The highest BCUT2D eigenvalue weighted by Gasteiger charge is 2.53. The average Bonchev–Trinajstić information content (AvgIpc) is 2.63. The molecular weight excluding hydrogens is 198 g/mol. The molecule has 1 heterocycles. The number of fused-ring (bicyclic) bond motifs is 1. The Kier molecular flexibility index (Phi) is 1.77. The van der Waals surface area contributed by atoms with Crippen LogP contribution in [0, 0.1) is 23.5 Å². The van der Waals surface area contributed by atoms with Gasteiger partial charge in [-0.3, -0.25) is 0 Å². The van der Waals surface area contributed by atoms with E-state index in [9.17, 15) is 8.78 Å². The lowest BCUT2D eigenvalue weighted by molar-refractivity contribution is 0.578. The fourth-order valence-corrected chi connectivity index (χ4v) is 2.51. The van der Waals surface area contributed by atoms with Crippen molar-refractivity contribution in [2.24, 2.45) is 17.6 Å². The molecule has 0 radical (unpaired) electrons. The Morgan fingerprint density at radius 2 is 1.87 bits per heavy atom. The Balaban J connectivity index is 1.83. The lowest BCUT2D eigenvalue weighted by atomic mass is 10.2. The molecule has 2 nitrogen and oxygen atoms in total. The highest BCUT2D eigenvalue weighted by atomic mass is 19.1. The van der Waals surface area contributed by atoms with Gasteiger partial charge in [-0.2, -0.15) is 0 Å². The number of benzene rings is 1. The molecule has 1 aromatic carbocycles. The molecule has 1 saturated carbocycles. The van der Waals surface area contributed by atoms with Crippen LogP contribution in [0.15, 0.2) is 18.2 Å². The molecule has 15 heavy (non-hydrogen) atoms. The molecule has 3 rings (SSSR count). The smallest absolute Gasteiger partial charge is 0.149 e. The molecule has 0 unspecified atom stereocenters. The van der Waals surface area contributed by atoms with Crippen molar-refractivity contribution in [1.29, 1.82) is 0 Å². The Labute approximate surface area is 86.7 Å². The third-order valence-electron chi connectivity index (χ3n) is 3.51. The van der Waals surface area contributed by atoms with Gasteiger partial charge in [0.15, 0.2) is 0 Å². The van der Waals surface area contributed by atoms with Crippen LogP contribution in [0.3, 0.4) is 0 Å². The number of piperidine rings is 1. The van der Waals surface area contributed by atoms with Gasteiger partial charge in [0.1, 0.15) is 11.6 Å². The van der Waals surface area contributed by atoms with Crippen molar-refractivity contribution in [3.05, 3.63) is 29.8 Å². The maximum atomic E-state index is 13.4. The monoisotopic (exact) mass is 210 g/mol. The maximum Gasteiger partial charge on any atom is 0.149 e. The van der Waals surface area contributed by atoms with Crippen molar-refractivity contribution >= 4 is 5.69 Å². The first kappa shape index (κ1) is 9.09. The van der Waals surface area contributed by atoms with Crippen LogP contribution in [0.4, 0.5) is 14.5 Å². The van der Waals surface area contributed by atoms with E-state index < -0.39 is 11.6 Å². The lowest BCUT2D eigenvalue weighted by Gasteiger charge is -2.21. The number of rotatable bonds is 1. The van der Waals surface area contributed by atoms with Crippen LogP contribution in [-0.2, 0) is 0 Å². The van der Waals surface area contributed by atoms with E-state index in [1.54, 1.807) is 0 Å². The third kappa shape index (κ3) is 1.32. The van der Waals surface area contributed by atoms with Crippen LogP contribution in [0.5, 0.6) is 0 Å². The van der Waals surface area contributed by atoms with Crippen molar-refractivity contribution in [2.45, 2.75) is 6.04 Å². The molecule has 4 heteroatoms. The minimum absolute atomic E-state index is 0.296. The summed E-state index contributed by atoms with van der Waals surface area (Å²) in [6.07, 6.45) is 0. The van der Waals surface area contributed by atoms with Crippen molar-refractivity contribution in [3.8, 4) is 0 Å². The third-order valence-corrected chi connectivity index (χ3v) is 3.51. The van der Waals surface area contributed by atoms with E-state index >= 15 is 0 Å². The largest absolute Gasteiger partial charge is 0.368 e. The van der Waals surface area contributed by atoms with Gasteiger partial charge in [-0.05, 0) is 24.0 Å². The molecule has 0 aromatic heterocycles. The second-order valence-corrected chi connectivity index (χ2v) is 4.41. The summed E-state index contributed by atoms with van der Waals surface area (Å²) in [4.78, 5) is 1.95. The van der Waals surface area contributed by atoms with E-state index in [1.165, 1.54) is 12.1 Å². The molecule has 3 atom stereocenters. The second-order valence-electron chi connectivity index (χ2n) is 4.41. The molecule has 0 amide bonds. The first-order chi connectivity index (χ1) is 7.16. The Hall–Kier alpha value is -1.16. The van der Waals surface area contributed by atoms with E-state index in [2.05, 4.69) is 0 Å². The summed E-state index contributed by atoms with van der Waals surface area (Å²) < 4.78 is 26.1. The molecule has 1 aliphatic heterocycles. The quantitative estimate of drug-likeness (QED) is 0.758. The maximum absolute atomic E-state index is 13.4. The molecular formula is C11H12F2N2. The fraction of sp³-hybridized carbons (Fsp3) is 0.455. The normalized spacial score (nSPS) is 33.0.